The molecule has 0 radical (unpaired) electrons. The highest BCUT2D eigenvalue weighted by Crippen LogP contribution is 2.20. The molecular formula is C13H24. The van der Waals surface area contributed by atoms with Crippen molar-refractivity contribution in [2.45, 2.75) is 52.9 Å². The summed E-state index contributed by atoms with van der Waals surface area (Å²) < 4.78 is 0. The number of hydrogen-bond acceptors (Lipinski definition) is 0. The lowest BCUT2D eigenvalue weighted by molar-refractivity contribution is 0.433. The predicted molar refractivity (Wildman–Crippen MR) is 61.9 cm³/mol. The van der Waals surface area contributed by atoms with Gasteiger partial charge >= 0.3 is 0 Å². The first kappa shape index (κ1) is 12.5. The summed E-state index contributed by atoms with van der Waals surface area (Å²) in [6.07, 6.45) is 10.7. The number of rotatable bonds is 7. The topological polar surface area (TPSA) is 0 Å². The standard InChI is InChI=1S/C13H24/c1-5-9-13(8-4)11-10-12(6-2)7-3/h6-7,13H,2,5,8-11H2,1,3-4H3/b12-7+. The lowest BCUT2D eigenvalue weighted by atomic mass is 9.93. The zero-order valence-corrected chi connectivity index (χ0v) is 9.47. The van der Waals surface area contributed by atoms with E-state index >= 15 is 0 Å². The van der Waals surface area contributed by atoms with Crippen LogP contribution in [-0.2, 0) is 0 Å². The molecule has 0 aliphatic heterocycles. The number of hydrogen-bond donors (Lipinski definition) is 0. The Kier molecular flexibility index (Phi) is 7.77. The molecule has 0 aliphatic carbocycles. The van der Waals surface area contributed by atoms with Gasteiger partial charge in [0.1, 0.15) is 0 Å². The molecule has 0 heteroatoms. The molecule has 0 aliphatic rings. The van der Waals surface area contributed by atoms with Crippen LogP contribution in [0, 0.1) is 5.92 Å². The summed E-state index contributed by atoms with van der Waals surface area (Å²) >= 11 is 0. The predicted octanol–water partition coefficient (Wildman–Crippen LogP) is 4.73. The normalized spacial score (nSPS) is 14.2. The molecule has 76 valence electrons. The summed E-state index contributed by atoms with van der Waals surface area (Å²) in [5.74, 6) is 0.917. The van der Waals surface area contributed by atoms with Crippen LogP contribution in [0.2, 0.25) is 0 Å². The Bertz CT molecular complexity index is 153. The highest BCUT2D eigenvalue weighted by molar-refractivity contribution is 5.14. The van der Waals surface area contributed by atoms with Crippen LogP contribution in [0.25, 0.3) is 0 Å². The van der Waals surface area contributed by atoms with Crippen LogP contribution >= 0.6 is 0 Å². The quantitative estimate of drug-likeness (QED) is 0.497. The lowest BCUT2D eigenvalue weighted by Gasteiger charge is -2.13. The first-order valence-electron chi connectivity index (χ1n) is 5.56. The molecule has 0 aromatic heterocycles. The fourth-order valence-corrected chi connectivity index (χ4v) is 1.70. The third kappa shape index (κ3) is 5.68. The Morgan fingerprint density at radius 1 is 1.31 bits per heavy atom. The second-order valence-corrected chi connectivity index (χ2v) is 3.67. The van der Waals surface area contributed by atoms with Gasteiger partial charge in [-0.3, -0.25) is 0 Å². The second kappa shape index (κ2) is 8.10. The molecule has 13 heavy (non-hydrogen) atoms. The molecule has 0 nitrogen and oxygen atoms in total. The van der Waals surface area contributed by atoms with Gasteiger partial charge in [0.05, 0.1) is 0 Å². The average Bonchev–Trinajstić information content (AvgIpc) is 2.17. The van der Waals surface area contributed by atoms with E-state index in [1.807, 2.05) is 6.08 Å². The first-order chi connectivity index (χ1) is 6.28. The summed E-state index contributed by atoms with van der Waals surface area (Å²) in [6, 6.07) is 0. The van der Waals surface area contributed by atoms with Gasteiger partial charge < -0.3 is 0 Å². The van der Waals surface area contributed by atoms with Crippen LogP contribution in [-0.4, -0.2) is 0 Å². The maximum absolute atomic E-state index is 3.81. The molecule has 0 aromatic carbocycles. The smallest absolute Gasteiger partial charge is 0.0280 e. The van der Waals surface area contributed by atoms with E-state index in [0.717, 1.165) is 5.92 Å². The summed E-state index contributed by atoms with van der Waals surface area (Å²) in [7, 11) is 0. The van der Waals surface area contributed by atoms with Gasteiger partial charge in [-0.2, -0.15) is 0 Å². The molecule has 0 rings (SSSR count). The second-order valence-electron chi connectivity index (χ2n) is 3.67. The van der Waals surface area contributed by atoms with Crippen LogP contribution in [0.5, 0.6) is 0 Å². The Morgan fingerprint density at radius 3 is 2.38 bits per heavy atom. The summed E-state index contributed by atoms with van der Waals surface area (Å²) in [4.78, 5) is 0. The SMILES string of the molecule is C=C/C(=C\C)CCC(CC)CCC. The first-order valence-corrected chi connectivity index (χ1v) is 5.56. The van der Waals surface area contributed by atoms with E-state index in [1.165, 1.54) is 37.7 Å². The van der Waals surface area contributed by atoms with E-state index in [-0.39, 0.29) is 0 Å². The third-order valence-corrected chi connectivity index (χ3v) is 2.75. The summed E-state index contributed by atoms with van der Waals surface area (Å²) in [5.41, 5.74) is 1.40. The van der Waals surface area contributed by atoms with Crippen molar-refractivity contribution in [3.8, 4) is 0 Å². The van der Waals surface area contributed by atoms with E-state index in [1.54, 1.807) is 0 Å². The maximum atomic E-state index is 3.81. The van der Waals surface area contributed by atoms with Crippen LogP contribution < -0.4 is 0 Å². The third-order valence-electron chi connectivity index (χ3n) is 2.75. The van der Waals surface area contributed by atoms with Crippen molar-refractivity contribution in [2.75, 3.05) is 0 Å². The Hall–Kier alpha value is -0.520. The highest BCUT2D eigenvalue weighted by atomic mass is 14.1. The monoisotopic (exact) mass is 180 g/mol. The van der Waals surface area contributed by atoms with Gasteiger partial charge in [-0.05, 0) is 25.7 Å². The number of allylic oxidation sites excluding steroid dienone is 3. The van der Waals surface area contributed by atoms with Gasteiger partial charge in [0, 0.05) is 0 Å². The Balaban J connectivity index is 3.76. The van der Waals surface area contributed by atoms with Gasteiger partial charge in [-0.15, -0.1) is 0 Å². The molecule has 1 unspecified atom stereocenters. The van der Waals surface area contributed by atoms with Gasteiger partial charge in [0.25, 0.3) is 0 Å². The van der Waals surface area contributed by atoms with Crippen LogP contribution in [0.4, 0.5) is 0 Å². The molecule has 1 atom stereocenters. The largest absolute Gasteiger partial charge is 0.0988 e. The summed E-state index contributed by atoms with van der Waals surface area (Å²) in [6.45, 7) is 10.5. The molecule has 0 saturated carbocycles. The van der Waals surface area contributed by atoms with Crippen molar-refractivity contribution in [1.29, 1.82) is 0 Å². The van der Waals surface area contributed by atoms with E-state index in [2.05, 4.69) is 33.4 Å². The van der Waals surface area contributed by atoms with Gasteiger partial charge in [-0.1, -0.05) is 57.4 Å². The molecule has 0 amide bonds. The van der Waals surface area contributed by atoms with E-state index in [9.17, 15) is 0 Å². The fourth-order valence-electron chi connectivity index (χ4n) is 1.70. The minimum absolute atomic E-state index is 0.917. The molecule has 0 heterocycles. The van der Waals surface area contributed by atoms with Crippen LogP contribution in [0.3, 0.4) is 0 Å². The van der Waals surface area contributed by atoms with E-state index in [0.29, 0.717) is 0 Å². The molecule has 0 N–H and O–H groups in total. The van der Waals surface area contributed by atoms with Gasteiger partial charge in [-0.25, -0.2) is 0 Å². The fraction of sp³-hybridized carbons (Fsp3) is 0.692. The zero-order chi connectivity index (χ0) is 10.1. The molecule has 0 spiro atoms. The van der Waals surface area contributed by atoms with Crippen molar-refractivity contribution in [1.82, 2.24) is 0 Å². The molecule has 0 fully saturated rings. The van der Waals surface area contributed by atoms with E-state index in [4.69, 9.17) is 0 Å². The molecule has 0 bridgehead atoms. The van der Waals surface area contributed by atoms with Crippen molar-refractivity contribution in [2.24, 2.45) is 5.92 Å². The van der Waals surface area contributed by atoms with Crippen LogP contribution in [0.1, 0.15) is 52.9 Å². The highest BCUT2D eigenvalue weighted by Gasteiger charge is 2.04. The van der Waals surface area contributed by atoms with E-state index < -0.39 is 0 Å². The maximum Gasteiger partial charge on any atom is -0.0280 e. The minimum atomic E-state index is 0.917. The van der Waals surface area contributed by atoms with Crippen molar-refractivity contribution in [3.05, 3.63) is 24.3 Å². The van der Waals surface area contributed by atoms with Gasteiger partial charge in [0.15, 0.2) is 0 Å². The minimum Gasteiger partial charge on any atom is -0.0988 e. The van der Waals surface area contributed by atoms with Gasteiger partial charge in [0.2, 0.25) is 0 Å². The van der Waals surface area contributed by atoms with Crippen molar-refractivity contribution < 1.29 is 0 Å². The average molecular weight is 180 g/mol. The van der Waals surface area contributed by atoms with Crippen LogP contribution in [0.15, 0.2) is 24.3 Å². The molecule has 0 saturated heterocycles. The lowest BCUT2D eigenvalue weighted by Crippen LogP contribution is -1.98. The Labute approximate surface area is 83.7 Å². The van der Waals surface area contributed by atoms with Crippen molar-refractivity contribution in [3.63, 3.8) is 0 Å². The Morgan fingerprint density at radius 2 is 2.00 bits per heavy atom. The van der Waals surface area contributed by atoms with Crippen molar-refractivity contribution >= 4 is 0 Å². The summed E-state index contributed by atoms with van der Waals surface area (Å²) in [5, 5.41) is 0. The molecular weight excluding hydrogens is 156 g/mol. The molecule has 0 aromatic rings. The zero-order valence-electron chi connectivity index (χ0n) is 9.47.